The van der Waals surface area contributed by atoms with Crippen molar-refractivity contribution in [2.75, 3.05) is 15.9 Å². The van der Waals surface area contributed by atoms with Crippen molar-refractivity contribution < 1.29 is 17.9 Å². The van der Waals surface area contributed by atoms with Gasteiger partial charge in [-0.15, -0.1) is 0 Å². The van der Waals surface area contributed by atoms with Crippen LogP contribution in [0, 0.1) is 0 Å². The van der Waals surface area contributed by atoms with Gasteiger partial charge in [0.25, 0.3) is 0 Å². The topological polar surface area (TPSA) is 75.7 Å². The Morgan fingerprint density at radius 3 is 2.19 bits per heavy atom. The summed E-state index contributed by atoms with van der Waals surface area (Å²) in [7, 11) is -3.76. The molecule has 0 saturated heterocycles. The molecule has 9 heteroatoms. The summed E-state index contributed by atoms with van der Waals surface area (Å²) in [6.07, 6.45) is 1.04. The highest BCUT2D eigenvalue weighted by Crippen LogP contribution is 2.32. The van der Waals surface area contributed by atoms with Gasteiger partial charge in [-0.25, -0.2) is 8.42 Å². The van der Waals surface area contributed by atoms with Crippen LogP contribution in [-0.2, 0) is 14.8 Å². The molecule has 0 unspecified atom stereocenters. The summed E-state index contributed by atoms with van der Waals surface area (Å²) in [4.78, 5) is 13.0. The van der Waals surface area contributed by atoms with E-state index in [0.717, 1.165) is 10.6 Å². The fourth-order valence-corrected chi connectivity index (χ4v) is 4.41. The first-order valence-corrected chi connectivity index (χ1v) is 11.8. The van der Waals surface area contributed by atoms with Crippen molar-refractivity contribution in [3.63, 3.8) is 0 Å². The van der Waals surface area contributed by atoms with Gasteiger partial charge in [0.2, 0.25) is 15.9 Å². The van der Waals surface area contributed by atoms with E-state index in [1.54, 1.807) is 36.4 Å². The number of hydrogen-bond acceptors (Lipinski definition) is 4. The Bertz CT molecular complexity index is 1170. The van der Waals surface area contributed by atoms with Crippen molar-refractivity contribution in [2.45, 2.75) is 13.0 Å². The molecule has 162 valence electrons. The average molecular weight is 479 g/mol. The molecule has 0 bridgehead atoms. The number of hydrogen-bond donors (Lipinski definition) is 1. The largest absolute Gasteiger partial charge is 0.455 e. The molecule has 0 aliphatic carbocycles. The number of para-hydroxylation sites is 1. The summed E-state index contributed by atoms with van der Waals surface area (Å²) in [6.45, 7) is 1.49. The Balaban J connectivity index is 1.89. The molecule has 0 aliphatic heterocycles. The van der Waals surface area contributed by atoms with Crippen LogP contribution < -0.4 is 14.4 Å². The Hall–Kier alpha value is -2.74. The van der Waals surface area contributed by atoms with E-state index in [2.05, 4.69) is 5.32 Å². The number of rotatable bonds is 7. The highest BCUT2D eigenvalue weighted by atomic mass is 35.5. The Kier molecular flexibility index (Phi) is 7.10. The summed E-state index contributed by atoms with van der Waals surface area (Å²) in [5.74, 6) is 0.390. The van der Waals surface area contributed by atoms with Gasteiger partial charge in [-0.05, 0) is 61.5 Å². The number of ether oxygens (including phenoxy) is 1. The fourth-order valence-electron chi connectivity index (χ4n) is 2.94. The van der Waals surface area contributed by atoms with Gasteiger partial charge in [-0.3, -0.25) is 9.10 Å². The lowest BCUT2D eigenvalue weighted by Gasteiger charge is -2.28. The maximum absolute atomic E-state index is 13.0. The lowest BCUT2D eigenvalue weighted by Crippen LogP contribution is -2.45. The minimum absolute atomic E-state index is 0.317. The summed E-state index contributed by atoms with van der Waals surface area (Å²) < 4.78 is 31.8. The predicted molar refractivity (Wildman–Crippen MR) is 125 cm³/mol. The van der Waals surface area contributed by atoms with Crippen molar-refractivity contribution in [1.29, 1.82) is 0 Å². The SMILES string of the molecule is C[C@@H](C(=O)Nc1cc(Cl)ccc1Oc1ccccc1)N(c1ccc(Cl)cc1)S(C)(=O)=O. The standard InChI is InChI=1S/C22H20Cl2N2O4S/c1-15(26(31(2,28)29)18-11-8-16(23)9-12-18)22(27)25-20-14-17(24)10-13-21(20)30-19-6-4-3-5-7-19/h3-15H,1-2H3,(H,25,27)/t15-/m0/s1. The number of halogens is 2. The number of amides is 1. The van der Waals surface area contributed by atoms with Gasteiger partial charge in [0.1, 0.15) is 11.8 Å². The molecule has 1 N–H and O–H groups in total. The summed E-state index contributed by atoms with van der Waals surface area (Å²) in [5.41, 5.74) is 0.638. The van der Waals surface area contributed by atoms with Gasteiger partial charge in [0.05, 0.1) is 17.6 Å². The molecule has 0 heterocycles. The van der Waals surface area contributed by atoms with Crippen molar-refractivity contribution >= 4 is 50.5 Å². The monoisotopic (exact) mass is 478 g/mol. The first-order chi connectivity index (χ1) is 14.6. The van der Waals surface area contributed by atoms with Crippen molar-refractivity contribution in [3.05, 3.63) is 82.8 Å². The molecular weight excluding hydrogens is 459 g/mol. The van der Waals surface area contributed by atoms with Crippen LogP contribution in [0.25, 0.3) is 0 Å². The van der Waals surface area contributed by atoms with Gasteiger partial charge in [0, 0.05) is 10.0 Å². The quantitative estimate of drug-likeness (QED) is 0.480. The molecule has 0 radical (unpaired) electrons. The molecule has 0 aliphatic rings. The van der Waals surface area contributed by atoms with Crippen molar-refractivity contribution in [2.24, 2.45) is 0 Å². The Morgan fingerprint density at radius 1 is 0.968 bits per heavy atom. The number of nitrogens with zero attached hydrogens (tertiary/aromatic N) is 1. The van der Waals surface area contributed by atoms with Crippen LogP contribution in [0.5, 0.6) is 11.5 Å². The molecule has 1 atom stereocenters. The molecule has 3 aromatic rings. The number of benzene rings is 3. The molecule has 1 amide bonds. The first kappa shape index (κ1) is 22.9. The highest BCUT2D eigenvalue weighted by molar-refractivity contribution is 7.92. The third-order valence-corrected chi connectivity index (χ3v) is 6.07. The van der Waals surface area contributed by atoms with Gasteiger partial charge < -0.3 is 10.1 Å². The number of anilines is 2. The molecule has 0 saturated carbocycles. The first-order valence-electron chi connectivity index (χ1n) is 9.23. The van der Waals surface area contributed by atoms with E-state index in [9.17, 15) is 13.2 Å². The number of sulfonamides is 1. The fraction of sp³-hybridized carbons (Fsp3) is 0.136. The van der Waals surface area contributed by atoms with Crippen molar-refractivity contribution in [1.82, 2.24) is 0 Å². The molecule has 0 aromatic heterocycles. The van der Waals surface area contributed by atoms with Gasteiger partial charge in [-0.2, -0.15) is 0 Å². The number of nitrogens with one attached hydrogen (secondary N) is 1. The predicted octanol–water partition coefficient (Wildman–Crippen LogP) is 5.58. The Labute approximate surface area is 191 Å². The van der Waals surface area contributed by atoms with Crippen LogP contribution >= 0.6 is 23.2 Å². The molecular formula is C22H20Cl2N2O4S. The van der Waals surface area contributed by atoms with Gasteiger partial charge in [0.15, 0.2) is 5.75 Å². The van der Waals surface area contributed by atoms with E-state index in [0.29, 0.717) is 32.9 Å². The molecule has 0 spiro atoms. The minimum atomic E-state index is -3.76. The van der Waals surface area contributed by atoms with E-state index in [4.69, 9.17) is 27.9 Å². The molecule has 3 aromatic carbocycles. The second kappa shape index (κ2) is 9.60. The molecule has 3 rings (SSSR count). The molecule has 31 heavy (non-hydrogen) atoms. The zero-order valence-corrected chi connectivity index (χ0v) is 19.1. The van der Waals surface area contributed by atoms with E-state index < -0.39 is 22.0 Å². The third-order valence-electron chi connectivity index (χ3n) is 4.34. The molecule has 0 fully saturated rings. The average Bonchev–Trinajstić information content (AvgIpc) is 2.71. The van der Waals surface area contributed by atoms with Crippen molar-refractivity contribution in [3.8, 4) is 11.5 Å². The number of carbonyl (C=O) groups excluding carboxylic acids is 1. The maximum atomic E-state index is 13.0. The second-order valence-corrected chi connectivity index (χ2v) is 9.49. The zero-order valence-electron chi connectivity index (χ0n) is 16.7. The lowest BCUT2D eigenvalue weighted by molar-refractivity contribution is -0.116. The van der Waals surface area contributed by atoms with Gasteiger partial charge in [-0.1, -0.05) is 41.4 Å². The third kappa shape index (κ3) is 5.91. The van der Waals surface area contributed by atoms with E-state index >= 15 is 0 Å². The summed E-state index contributed by atoms with van der Waals surface area (Å²) >= 11 is 12.0. The summed E-state index contributed by atoms with van der Waals surface area (Å²) in [6, 6.07) is 19.0. The van der Waals surface area contributed by atoms with Crippen LogP contribution in [-0.4, -0.2) is 26.6 Å². The maximum Gasteiger partial charge on any atom is 0.248 e. The smallest absolute Gasteiger partial charge is 0.248 e. The van der Waals surface area contributed by atoms with Crippen LogP contribution in [0.1, 0.15) is 6.92 Å². The van der Waals surface area contributed by atoms with Crippen LogP contribution in [0.15, 0.2) is 72.8 Å². The second-order valence-electron chi connectivity index (χ2n) is 6.76. The lowest BCUT2D eigenvalue weighted by atomic mass is 10.2. The minimum Gasteiger partial charge on any atom is -0.455 e. The van der Waals surface area contributed by atoms with E-state index in [-0.39, 0.29) is 0 Å². The zero-order chi connectivity index (χ0) is 22.6. The number of carbonyl (C=O) groups is 1. The summed E-state index contributed by atoms with van der Waals surface area (Å²) in [5, 5.41) is 3.57. The normalized spacial score (nSPS) is 12.1. The van der Waals surface area contributed by atoms with Crippen LogP contribution in [0.4, 0.5) is 11.4 Å². The molecule has 6 nitrogen and oxygen atoms in total. The van der Waals surface area contributed by atoms with E-state index in [1.807, 2.05) is 18.2 Å². The Morgan fingerprint density at radius 2 is 1.58 bits per heavy atom. The van der Waals surface area contributed by atoms with Crippen LogP contribution in [0.3, 0.4) is 0 Å². The highest BCUT2D eigenvalue weighted by Gasteiger charge is 2.29. The van der Waals surface area contributed by atoms with E-state index in [1.165, 1.54) is 25.1 Å². The van der Waals surface area contributed by atoms with Crippen LogP contribution in [0.2, 0.25) is 10.0 Å². The van der Waals surface area contributed by atoms with Gasteiger partial charge >= 0.3 is 0 Å².